The van der Waals surface area contributed by atoms with Gasteiger partial charge in [0.25, 0.3) is 0 Å². The van der Waals surface area contributed by atoms with Gasteiger partial charge in [0.05, 0.1) is 18.1 Å². The van der Waals surface area contributed by atoms with Crippen LogP contribution in [0, 0.1) is 5.92 Å². The first-order valence-corrected chi connectivity index (χ1v) is 7.20. The average molecular weight is 341 g/mol. The van der Waals surface area contributed by atoms with Crippen molar-refractivity contribution in [2.75, 3.05) is 0 Å². The monoisotopic (exact) mass is 340 g/mol. The highest BCUT2D eigenvalue weighted by Gasteiger charge is 2.18. The molecule has 0 saturated carbocycles. The predicted octanol–water partition coefficient (Wildman–Crippen LogP) is 2.08. The van der Waals surface area contributed by atoms with Crippen LogP contribution in [0.1, 0.15) is 26.0 Å². The molecule has 2 heterocycles. The third-order valence-corrected chi connectivity index (χ3v) is 3.39. The van der Waals surface area contributed by atoms with Gasteiger partial charge in [-0.2, -0.15) is 0 Å². The number of imidazole rings is 1. The Labute approximate surface area is 125 Å². The van der Waals surface area contributed by atoms with Gasteiger partial charge < -0.3 is 5.11 Å². The molecule has 0 spiro atoms. The molecule has 0 saturated heterocycles. The van der Waals surface area contributed by atoms with E-state index in [0.29, 0.717) is 23.5 Å². The summed E-state index contributed by atoms with van der Waals surface area (Å²) in [5.41, 5.74) is 1.64. The molecule has 0 aliphatic heterocycles. The average Bonchev–Trinajstić information content (AvgIpc) is 2.76. The smallest absolute Gasteiger partial charge is 0.320 e. The molecule has 20 heavy (non-hydrogen) atoms. The second-order valence-corrected chi connectivity index (χ2v) is 5.90. The van der Waals surface area contributed by atoms with E-state index in [1.807, 2.05) is 24.4 Å². The lowest BCUT2D eigenvalue weighted by Crippen LogP contribution is -2.37. The van der Waals surface area contributed by atoms with E-state index in [2.05, 4.69) is 31.2 Å². The molecule has 1 unspecified atom stereocenters. The number of aromatic nitrogens is 3. The second-order valence-electron chi connectivity index (χ2n) is 5.09. The van der Waals surface area contributed by atoms with E-state index in [1.165, 1.54) is 0 Å². The lowest BCUT2D eigenvalue weighted by atomic mass is 10.0. The van der Waals surface area contributed by atoms with E-state index < -0.39 is 12.0 Å². The zero-order valence-corrected chi connectivity index (χ0v) is 13.0. The molecule has 0 aliphatic carbocycles. The number of carboxylic acids is 1. The van der Waals surface area contributed by atoms with Crippen molar-refractivity contribution in [3.63, 3.8) is 0 Å². The maximum Gasteiger partial charge on any atom is 0.320 e. The number of aliphatic carboxylic acids is 1. The van der Waals surface area contributed by atoms with Gasteiger partial charge in [0.2, 0.25) is 0 Å². The van der Waals surface area contributed by atoms with Gasteiger partial charge in [0.1, 0.15) is 10.6 Å². The number of hydrogen-bond acceptors (Lipinski definition) is 4. The van der Waals surface area contributed by atoms with Crippen LogP contribution in [0.5, 0.6) is 0 Å². The highest BCUT2D eigenvalue weighted by Crippen LogP contribution is 2.11. The first-order valence-electron chi connectivity index (χ1n) is 6.41. The van der Waals surface area contributed by atoms with Crippen molar-refractivity contribution < 1.29 is 9.90 Å². The molecule has 6 nitrogen and oxygen atoms in total. The van der Waals surface area contributed by atoms with Crippen molar-refractivity contribution in [3.8, 4) is 0 Å². The largest absolute Gasteiger partial charge is 0.480 e. The Morgan fingerprint density at radius 2 is 2.20 bits per heavy atom. The van der Waals surface area contributed by atoms with Crippen LogP contribution in [0.4, 0.5) is 0 Å². The molecule has 1 atom stereocenters. The standard InChI is InChI=1S/C13H17BrN4O2/c1-8(2)3-10(13(19)20)15-4-9-5-17-12-6-16-11(14)7-18(9)12/h5-8,10,15H,3-4H2,1-2H3,(H,19,20). The highest BCUT2D eigenvalue weighted by molar-refractivity contribution is 9.10. The first-order chi connectivity index (χ1) is 9.47. The molecule has 0 aliphatic rings. The fourth-order valence-electron chi connectivity index (χ4n) is 2.02. The quantitative estimate of drug-likeness (QED) is 0.841. The van der Waals surface area contributed by atoms with E-state index in [4.69, 9.17) is 0 Å². The summed E-state index contributed by atoms with van der Waals surface area (Å²) in [5.74, 6) is -0.500. The van der Waals surface area contributed by atoms with Crippen molar-refractivity contribution in [2.24, 2.45) is 5.92 Å². The Morgan fingerprint density at radius 1 is 1.45 bits per heavy atom. The molecular weight excluding hydrogens is 324 g/mol. The Bertz CT molecular complexity index is 611. The van der Waals surface area contributed by atoms with Gasteiger partial charge in [-0.1, -0.05) is 13.8 Å². The summed E-state index contributed by atoms with van der Waals surface area (Å²) < 4.78 is 2.60. The van der Waals surface area contributed by atoms with E-state index in [9.17, 15) is 9.90 Å². The van der Waals surface area contributed by atoms with E-state index in [0.717, 1.165) is 11.3 Å². The number of nitrogens with zero attached hydrogens (tertiary/aromatic N) is 3. The fourth-order valence-corrected chi connectivity index (χ4v) is 2.32. The van der Waals surface area contributed by atoms with Crippen LogP contribution in [0.15, 0.2) is 23.2 Å². The minimum Gasteiger partial charge on any atom is -0.480 e. The predicted molar refractivity (Wildman–Crippen MR) is 78.4 cm³/mol. The number of carboxylic acid groups (broad SMARTS) is 1. The van der Waals surface area contributed by atoms with Crippen LogP contribution in [-0.4, -0.2) is 31.5 Å². The highest BCUT2D eigenvalue weighted by atomic mass is 79.9. The molecule has 7 heteroatoms. The SMILES string of the molecule is CC(C)CC(NCc1cnc2cnc(Br)cn12)C(=O)O. The number of halogens is 1. The first kappa shape index (κ1) is 14.9. The van der Waals surface area contributed by atoms with Crippen LogP contribution >= 0.6 is 15.9 Å². The zero-order chi connectivity index (χ0) is 14.7. The number of nitrogens with one attached hydrogen (secondary N) is 1. The van der Waals surface area contributed by atoms with Crippen molar-refractivity contribution >= 4 is 27.5 Å². The Hall–Kier alpha value is -1.47. The number of hydrogen-bond donors (Lipinski definition) is 2. The minimum atomic E-state index is -0.824. The third kappa shape index (κ3) is 3.55. The van der Waals surface area contributed by atoms with Crippen LogP contribution in [0.3, 0.4) is 0 Å². The maximum absolute atomic E-state index is 11.2. The van der Waals surface area contributed by atoms with Gasteiger partial charge in [0.15, 0.2) is 5.65 Å². The van der Waals surface area contributed by atoms with Crippen molar-refractivity contribution in [1.82, 2.24) is 19.7 Å². The molecule has 108 valence electrons. The third-order valence-electron chi connectivity index (χ3n) is 2.98. The van der Waals surface area contributed by atoms with Crippen molar-refractivity contribution in [1.29, 1.82) is 0 Å². The number of carbonyl (C=O) groups is 1. The molecule has 2 aromatic heterocycles. The molecule has 0 amide bonds. The van der Waals surface area contributed by atoms with Crippen LogP contribution in [0.25, 0.3) is 5.65 Å². The molecule has 0 aromatic carbocycles. The Morgan fingerprint density at radius 3 is 2.85 bits per heavy atom. The summed E-state index contributed by atoms with van der Waals surface area (Å²) in [7, 11) is 0. The fraction of sp³-hybridized carbons (Fsp3) is 0.462. The molecular formula is C13H17BrN4O2. The summed E-state index contributed by atoms with van der Waals surface area (Å²) in [6.07, 6.45) is 5.80. The van der Waals surface area contributed by atoms with Crippen LogP contribution in [-0.2, 0) is 11.3 Å². The number of fused-ring (bicyclic) bond motifs is 1. The van der Waals surface area contributed by atoms with E-state index in [1.54, 1.807) is 12.4 Å². The minimum absolute atomic E-state index is 0.323. The van der Waals surface area contributed by atoms with Gasteiger partial charge >= 0.3 is 5.97 Å². The molecule has 0 fully saturated rings. The van der Waals surface area contributed by atoms with Gasteiger partial charge in [-0.05, 0) is 28.3 Å². The van der Waals surface area contributed by atoms with E-state index in [-0.39, 0.29) is 0 Å². The topological polar surface area (TPSA) is 79.5 Å². The second kappa shape index (κ2) is 6.32. The Kier molecular flexibility index (Phi) is 4.72. The van der Waals surface area contributed by atoms with Gasteiger partial charge in [-0.25, -0.2) is 9.97 Å². The van der Waals surface area contributed by atoms with Gasteiger partial charge in [-0.3, -0.25) is 14.5 Å². The summed E-state index contributed by atoms with van der Waals surface area (Å²) in [6, 6.07) is -0.550. The molecule has 0 bridgehead atoms. The van der Waals surface area contributed by atoms with E-state index >= 15 is 0 Å². The Balaban J connectivity index is 2.11. The lowest BCUT2D eigenvalue weighted by Gasteiger charge is -2.16. The summed E-state index contributed by atoms with van der Waals surface area (Å²) in [6.45, 7) is 4.46. The number of rotatable bonds is 6. The normalized spacial score (nSPS) is 13.0. The molecule has 2 aromatic rings. The van der Waals surface area contributed by atoms with Gasteiger partial charge in [0, 0.05) is 12.7 Å². The van der Waals surface area contributed by atoms with Gasteiger partial charge in [-0.15, -0.1) is 0 Å². The zero-order valence-electron chi connectivity index (χ0n) is 11.4. The van der Waals surface area contributed by atoms with Crippen molar-refractivity contribution in [3.05, 3.63) is 28.9 Å². The lowest BCUT2D eigenvalue weighted by molar-refractivity contribution is -0.140. The molecule has 2 N–H and O–H groups in total. The summed E-state index contributed by atoms with van der Waals surface area (Å²) in [5, 5.41) is 12.3. The van der Waals surface area contributed by atoms with Crippen molar-refractivity contribution in [2.45, 2.75) is 32.9 Å². The van der Waals surface area contributed by atoms with Crippen LogP contribution in [0.2, 0.25) is 0 Å². The molecule has 0 radical (unpaired) electrons. The molecule has 2 rings (SSSR count). The summed E-state index contributed by atoms with van der Waals surface area (Å²) in [4.78, 5) is 19.5. The summed E-state index contributed by atoms with van der Waals surface area (Å²) >= 11 is 3.31. The maximum atomic E-state index is 11.2. The van der Waals surface area contributed by atoms with Crippen LogP contribution < -0.4 is 5.32 Å².